The Hall–Kier alpha value is -1.72. The Bertz CT molecular complexity index is 365. The Morgan fingerprint density at radius 1 is 1.44 bits per heavy atom. The molecule has 1 rings (SSSR count). The lowest BCUT2D eigenvalue weighted by Gasteiger charge is -2.10. The maximum Gasteiger partial charge on any atom is 0.124 e. The molecule has 0 radical (unpaired) electrons. The molecule has 0 spiro atoms. The van der Waals surface area contributed by atoms with Gasteiger partial charge in [0.05, 0.1) is 0 Å². The van der Waals surface area contributed by atoms with Crippen molar-refractivity contribution < 1.29 is 4.74 Å². The van der Waals surface area contributed by atoms with Crippen LogP contribution in [0.15, 0.2) is 36.9 Å². The first-order valence-electron chi connectivity index (χ1n) is 5.34. The minimum atomic E-state index is 0.529. The third-order valence-electron chi connectivity index (χ3n) is 2.09. The van der Waals surface area contributed by atoms with E-state index in [1.54, 1.807) is 6.08 Å². The van der Waals surface area contributed by atoms with Gasteiger partial charge >= 0.3 is 0 Å². The largest absolute Gasteiger partial charge is 0.489 e. The molecule has 0 aromatic heterocycles. The summed E-state index contributed by atoms with van der Waals surface area (Å²) in [7, 11) is 0. The molecule has 0 atom stereocenters. The quantitative estimate of drug-likeness (QED) is 0.428. The minimum Gasteiger partial charge on any atom is -0.489 e. The first kappa shape index (κ1) is 12.4. The van der Waals surface area contributed by atoms with Gasteiger partial charge in [-0.15, -0.1) is 12.3 Å². The van der Waals surface area contributed by atoms with E-state index in [1.165, 1.54) is 0 Å². The highest BCUT2D eigenvalue weighted by molar-refractivity contribution is 5.33. The average Bonchev–Trinajstić information content (AvgIpc) is 2.33. The Labute approximate surface area is 97.3 Å². The van der Waals surface area contributed by atoms with E-state index < -0.39 is 0 Å². The normalized spacial score (nSPS) is 9.44. The van der Waals surface area contributed by atoms with Crippen molar-refractivity contribution in [3.8, 4) is 18.1 Å². The monoisotopic (exact) mass is 215 g/mol. The molecule has 1 aromatic rings. The van der Waals surface area contributed by atoms with Crippen LogP contribution in [0.1, 0.15) is 12.0 Å². The Morgan fingerprint density at radius 2 is 2.25 bits per heavy atom. The zero-order valence-corrected chi connectivity index (χ0v) is 9.41. The maximum atomic E-state index is 5.54. The fourth-order valence-corrected chi connectivity index (χ4v) is 1.32. The second-order valence-electron chi connectivity index (χ2n) is 3.34. The van der Waals surface area contributed by atoms with Crippen LogP contribution in [0.3, 0.4) is 0 Å². The molecule has 0 fully saturated rings. The number of nitrogens with one attached hydrogen (secondary N) is 1. The fourth-order valence-electron chi connectivity index (χ4n) is 1.32. The molecule has 0 aliphatic heterocycles. The van der Waals surface area contributed by atoms with Gasteiger partial charge in [-0.25, -0.2) is 0 Å². The highest BCUT2D eigenvalue weighted by atomic mass is 16.5. The van der Waals surface area contributed by atoms with Gasteiger partial charge in [-0.1, -0.05) is 30.9 Å². The lowest BCUT2D eigenvalue weighted by molar-refractivity contribution is 0.358. The Kier molecular flexibility index (Phi) is 5.83. The van der Waals surface area contributed by atoms with Gasteiger partial charge in [-0.3, -0.25) is 0 Å². The molecule has 0 heterocycles. The van der Waals surface area contributed by atoms with E-state index in [4.69, 9.17) is 11.2 Å². The molecule has 0 unspecified atom stereocenters. The van der Waals surface area contributed by atoms with Gasteiger partial charge in [-0.05, 0) is 6.07 Å². The van der Waals surface area contributed by atoms with Crippen molar-refractivity contribution in [2.45, 2.75) is 13.0 Å². The predicted molar refractivity (Wildman–Crippen MR) is 67.3 cm³/mol. The van der Waals surface area contributed by atoms with Crippen molar-refractivity contribution >= 4 is 0 Å². The fraction of sp³-hybridized carbons (Fsp3) is 0.286. The summed E-state index contributed by atoms with van der Waals surface area (Å²) in [6.07, 6.45) is 7.66. The number of terminal acetylenes is 1. The second kappa shape index (κ2) is 7.56. The first-order chi connectivity index (χ1) is 7.88. The summed E-state index contributed by atoms with van der Waals surface area (Å²) < 4.78 is 5.54. The molecule has 0 aliphatic carbocycles. The van der Waals surface area contributed by atoms with E-state index in [9.17, 15) is 0 Å². The molecule has 0 aliphatic rings. The minimum absolute atomic E-state index is 0.529. The number of ether oxygens (including phenoxy) is 1. The van der Waals surface area contributed by atoms with E-state index in [0.29, 0.717) is 6.61 Å². The molecule has 1 N–H and O–H groups in total. The Balaban J connectivity index is 2.50. The highest BCUT2D eigenvalue weighted by Crippen LogP contribution is 2.17. The zero-order chi connectivity index (χ0) is 11.6. The third-order valence-corrected chi connectivity index (χ3v) is 2.09. The van der Waals surface area contributed by atoms with Crippen molar-refractivity contribution in [1.29, 1.82) is 0 Å². The highest BCUT2D eigenvalue weighted by Gasteiger charge is 2.00. The van der Waals surface area contributed by atoms with Crippen molar-refractivity contribution in [3.05, 3.63) is 42.5 Å². The van der Waals surface area contributed by atoms with E-state index in [0.717, 1.165) is 30.8 Å². The van der Waals surface area contributed by atoms with E-state index in [2.05, 4.69) is 17.8 Å². The number of para-hydroxylation sites is 1. The molecule has 0 amide bonds. The molecule has 2 heteroatoms. The summed E-state index contributed by atoms with van der Waals surface area (Å²) in [6, 6.07) is 7.96. The van der Waals surface area contributed by atoms with Crippen molar-refractivity contribution in [1.82, 2.24) is 5.32 Å². The first-order valence-corrected chi connectivity index (χ1v) is 5.34. The second-order valence-corrected chi connectivity index (χ2v) is 3.34. The van der Waals surface area contributed by atoms with Gasteiger partial charge < -0.3 is 10.1 Å². The Morgan fingerprint density at radius 3 is 3.00 bits per heavy atom. The van der Waals surface area contributed by atoms with Crippen molar-refractivity contribution in [2.24, 2.45) is 0 Å². The number of hydrogen-bond donors (Lipinski definition) is 1. The van der Waals surface area contributed by atoms with Gasteiger partial charge in [0.1, 0.15) is 12.4 Å². The van der Waals surface area contributed by atoms with Crippen LogP contribution in [0.2, 0.25) is 0 Å². The lowest BCUT2D eigenvalue weighted by atomic mass is 10.2. The van der Waals surface area contributed by atoms with Crippen LogP contribution in [-0.4, -0.2) is 13.2 Å². The van der Waals surface area contributed by atoms with Crippen LogP contribution in [0, 0.1) is 12.3 Å². The van der Waals surface area contributed by atoms with Crippen LogP contribution in [0.5, 0.6) is 5.75 Å². The topological polar surface area (TPSA) is 21.3 Å². The number of rotatable bonds is 7. The van der Waals surface area contributed by atoms with Crippen molar-refractivity contribution in [3.63, 3.8) is 0 Å². The molecule has 1 aromatic carbocycles. The average molecular weight is 215 g/mol. The summed E-state index contributed by atoms with van der Waals surface area (Å²) in [6.45, 7) is 5.76. The molecule has 0 bridgehead atoms. The smallest absolute Gasteiger partial charge is 0.124 e. The van der Waals surface area contributed by atoms with Crippen LogP contribution >= 0.6 is 0 Å². The molecular weight excluding hydrogens is 198 g/mol. The van der Waals surface area contributed by atoms with Gasteiger partial charge in [0.15, 0.2) is 0 Å². The van der Waals surface area contributed by atoms with E-state index in [-0.39, 0.29) is 0 Å². The molecule has 16 heavy (non-hydrogen) atoms. The van der Waals surface area contributed by atoms with Crippen molar-refractivity contribution in [2.75, 3.05) is 13.2 Å². The summed E-state index contributed by atoms with van der Waals surface area (Å²) in [5, 5.41) is 3.27. The van der Waals surface area contributed by atoms with Gasteiger partial charge in [0.25, 0.3) is 0 Å². The molecule has 0 saturated carbocycles. The van der Waals surface area contributed by atoms with Gasteiger partial charge in [-0.2, -0.15) is 0 Å². The van der Waals surface area contributed by atoms with Crippen LogP contribution in [-0.2, 0) is 6.54 Å². The summed E-state index contributed by atoms with van der Waals surface area (Å²) in [5.41, 5.74) is 1.14. The SMILES string of the molecule is C#CCCNCc1ccccc1OCC=C. The summed E-state index contributed by atoms with van der Waals surface area (Å²) in [4.78, 5) is 0. The summed E-state index contributed by atoms with van der Waals surface area (Å²) in [5.74, 6) is 3.49. The third kappa shape index (κ3) is 4.20. The standard InChI is InChI=1S/C14H17NO/c1-3-5-10-15-12-13-8-6-7-9-14(13)16-11-4-2/h1,4,6-9,15H,2,5,10-12H2. The predicted octanol–water partition coefficient (Wildman–Crippen LogP) is 2.36. The van der Waals surface area contributed by atoms with Gasteiger partial charge in [0, 0.05) is 25.1 Å². The number of hydrogen-bond acceptors (Lipinski definition) is 2. The van der Waals surface area contributed by atoms with E-state index >= 15 is 0 Å². The molecule has 0 saturated heterocycles. The maximum absolute atomic E-state index is 5.54. The molecule has 2 nitrogen and oxygen atoms in total. The molecular formula is C14H17NO. The van der Waals surface area contributed by atoms with Crippen LogP contribution in [0.25, 0.3) is 0 Å². The van der Waals surface area contributed by atoms with E-state index in [1.807, 2.05) is 24.3 Å². The number of benzene rings is 1. The van der Waals surface area contributed by atoms with Crippen LogP contribution < -0.4 is 10.1 Å². The zero-order valence-electron chi connectivity index (χ0n) is 9.41. The molecule has 84 valence electrons. The summed E-state index contributed by atoms with van der Waals surface area (Å²) >= 11 is 0. The lowest BCUT2D eigenvalue weighted by Crippen LogP contribution is -2.15. The van der Waals surface area contributed by atoms with Gasteiger partial charge in [0.2, 0.25) is 0 Å². The van der Waals surface area contributed by atoms with Crippen LogP contribution in [0.4, 0.5) is 0 Å².